The van der Waals surface area contributed by atoms with Crippen molar-refractivity contribution in [1.82, 2.24) is 5.32 Å². The summed E-state index contributed by atoms with van der Waals surface area (Å²) >= 11 is 3.55. The first-order chi connectivity index (χ1) is 9.07. The number of aryl methyl sites for hydroxylation is 2. The molecule has 1 aliphatic heterocycles. The molecule has 1 atom stereocenters. The van der Waals surface area contributed by atoms with E-state index >= 15 is 0 Å². The van der Waals surface area contributed by atoms with Crippen molar-refractivity contribution in [3.05, 3.63) is 21.9 Å². The van der Waals surface area contributed by atoms with Crippen LogP contribution in [0.15, 0.2) is 12.1 Å². The summed E-state index contributed by atoms with van der Waals surface area (Å²) in [7, 11) is 0. The average Bonchev–Trinajstić information content (AvgIpc) is 2.97. The molecule has 1 fully saturated rings. The van der Waals surface area contributed by atoms with Crippen LogP contribution in [0.1, 0.15) is 29.0 Å². The van der Waals surface area contributed by atoms with Crippen LogP contribution < -0.4 is 5.32 Å². The van der Waals surface area contributed by atoms with Crippen LogP contribution in [0.4, 0.5) is 0 Å². The van der Waals surface area contributed by atoms with Gasteiger partial charge in [0, 0.05) is 28.5 Å². The number of nitrogens with one attached hydrogen (secondary N) is 1. The van der Waals surface area contributed by atoms with Crippen LogP contribution in [-0.4, -0.2) is 34.7 Å². The minimum absolute atomic E-state index is 0.0543. The summed E-state index contributed by atoms with van der Waals surface area (Å²) in [5.41, 5.74) is -0.675. The van der Waals surface area contributed by atoms with Gasteiger partial charge in [-0.25, -0.2) is 0 Å². The van der Waals surface area contributed by atoms with Gasteiger partial charge in [0.05, 0.1) is 5.60 Å². The Morgan fingerprint density at radius 1 is 1.53 bits per heavy atom. The molecule has 2 N–H and O–H groups in total. The Balaban J connectivity index is 1.62. The number of rotatable bonds is 6. The molecule has 1 amide bonds. The van der Waals surface area contributed by atoms with Gasteiger partial charge in [0.1, 0.15) is 0 Å². The molecule has 1 saturated heterocycles. The molecule has 2 rings (SSSR count). The molecule has 0 saturated carbocycles. The highest BCUT2D eigenvalue weighted by Crippen LogP contribution is 2.27. The van der Waals surface area contributed by atoms with Gasteiger partial charge in [0.25, 0.3) is 0 Å². The van der Waals surface area contributed by atoms with Gasteiger partial charge in [0.2, 0.25) is 5.91 Å². The SMILES string of the molecule is Cc1ccc(CCCC(=O)NCC2(O)CCSC2)s1. The Morgan fingerprint density at radius 2 is 2.37 bits per heavy atom. The smallest absolute Gasteiger partial charge is 0.220 e. The van der Waals surface area contributed by atoms with Crippen LogP contribution in [0.5, 0.6) is 0 Å². The molecule has 0 aromatic carbocycles. The number of hydrogen-bond donors (Lipinski definition) is 2. The largest absolute Gasteiger partial charge is 0.387 e. The molecular formula is C14H21NO2S2. The molecule has 5 heteroatoms. The van der Waals surface area contributed by atoms with E-state index in [1.165, 1.54) is 9.75 Å². The molecule has 2 heterocycles. The van der Waals surface area contributed by atoms with E-state index in [1.54, 1.807) is 23.1 Å². The van der Waals surface area contributed by atoms with Crippen LogP contribution >= 0.6 is 23.1 Å². The molecule has 3 nitrogen and oxygen atoms in total. The van der Waals surface area contributed by atoms with Crippen molar-refractivity contribution in [2.75, 3.05) is 18.1 Å². The monoisotopic (exact) mass is 299 g/mol. The van der Waals surface area contributed by atoms with E-state index in [-0.39, 0.29) is 5.91 Å². The van der Waals surface area contributed by atoms with Crippen molar-refractivity contribution in [3.8, 4) is 0 Å². The fourth-order valence-corrected chi connectivity index (χ4v) is 4.36. The van der Waals surface area contributed by atoms with E-state index < -0.39 is 5.60 Å². The van der Waals surface area contributed by atoms with Gasteiger partial charge in [-0.15, -0.1) is 11.3 Å². The number of thiophene rings is 1. The highest BCUT2D eigenvalue weighted by atomic mass is 32.2. The average molecular weight is 299 g/mol. The number of carbonyl (C=O) groups is 1. The summed E-state index contributed by atoms with van der Waals surface area (Å²) in [5.74, 6) is 1.78. The number of amides is 1. The second-order valence-electron chi connectivity index (χ2n) is 5.17. The molecule has 1 aromatic heterocycles. The van der Waals surface area contributed by atoms with Gasteiger partial charge in [-0.2, -0.15) is 11.8 Å². The zero-order valence-corrected chi connectivity index (χ0v) is 12.9. The Labute approximate surface area is 122 Å². The fourth-order valence-electron chi connectivity index (χ4n) is 2.13. The summed E-state index contributed by atoms with van der Waals surface area (Å²) in [5, 5.41) is 13.0. The lowest BCUT2D eigenvalue weighted by atomic mass is 10.0. The molecule has 1 aromatic rings. The van der Waals surface area contributed by atoms with E-state index in [0.717, 1.165) is 30.8 Å². The molecule has 1 aliphatic rings. The third kappa shape index (κ3) is 4.82. The maximum absolute atomic E-state index is 11.7. The fraction of sp³-hybridized carbons (Fsp3) is 0.643. The van der Waals surface area contributed by atoms with Gasteiger partial charge in [-0.05, 0) is 44.1 Å². The van der Waals surface area contributed by atoms with Crippen LogP contribution in [0.25, 0.3) is 0 Å². The predicted octanol–water partition coefficient (Wildman–Crippen LogP) is 2.36. The van der Waals surface area contributed by atoms with Gasteiger partial charge < -0.3 is 10.4 Å². The van der Waals surface area contributed by atoms with Gasteiger partial charge in [-0.1, -0.05) is 0 Å². The van der Waals surface area contributed by atoms with Crippen LogP contribution in [-0.2, 0) is 11.2 Å². The third-order valence-corrected chi connectivity index (χ3v) is 5.61. The first-order valence-electron chi connectivity index (χ1n) is 6.70. The van der Waals surface area contributed by atoms with Crippen molar-refractivity contribution in [3.63, 3.8) is 0 Å². The van der Waals surface area contributed by atoms with E-state index in [1.807, 2.05) is 0 Å². The van der Waals surface area contributed by atoms with Gasteiger partial charge >= 0.3 is 0 Å². The molecular weight excluding hydrogens is 278 g/mol. The lowest BCUT2D eigenvalue weighted by Crippen LogP contribution is -2.42. The minimum atomic E-state index is -0.675. The van der Waals surface area contributed by atoms with Crippen molar-refractivity contribution < 1.29 is 9.90 Å². The van der Waals surface area contributed by atoms with E-state index in [9.17, 15) is 9.90 Å². The zero-order chi connectivity index (χ0) is 13.7. The molecule has 1 unspecified atom stereocenters. The maximum Gasteiger partial charge on any atom is 0.220 e. The lowest BCUT2D eigenvalue weighted by Gasteiger charge is -2.21. The first-order valence-corrected chi connectivity index (χ1v) is 8.67. The molecule has 0 bridgehead atoms. The quantitative estimate of drug-likeness (QED) is 0.848. The second kappa shape index (κ2) is 6.77. The molecule has 106 valence electrons. The van der Waals surface area contributed by atoms with Gasteiger partial charge in [0.15, 0.2) is 0 Å². The molecule has 0 radical (unpaired) electrons. The summed E-state index contributed by atoms with van der Waals surface area (Å²) < 4.78 is 0. The molecule has 0 aliphatic carbocycles. The minimum Gasteiger partial charge on any atom is -0.387 e. The standard InChI is InChI=1S/C14H21NO2S2/c1-11-5-6-12(19-11)3-2-4-13(16)15-9-14(17)7-8-18-10-14/h5-6,17H,2-4,7-10H2,1H3,(H,15,16). The third-order valence-electron chi connectivity index (χ3n) is 3.32. The van der Waals surface area contributed by atoms with E-state index in [0.29, 0.717) is 13.0 Å². The molecule has 19 heavy (non-hydrogen) atoms. The highest BCUT2D eigenvalue weighted by Gasteiger charge is 2.31. The number of thioether (sulfide) groups is 1. The zero-order valence-electron chi connectivity index (χ0n) is 11.3. The summed E-state index contributed by atoms with van der Waals surface area (Å²) in [4.78, 5) is 14.4. The number of carbonyl (C=O) groups excluding carboxylic acids is 1. The number of aliphatic hydroxyl groups is 1. The Kier molecular flexibility index (Phi) is 5.30. The molecule has 0 spiro atoms. The lowest BCUT2D eigenvalue weighted by molar-refractivity contribution is -0.122. The summed E-state index contributed by atoms with van der Waals surface area (Å²) in [6, 6.07) is 4.25. The van der Waals surface area contributed by atoms with Crippen LogP contribution in [0.2, 0.25) is 0 Å². The van der Waals surface area contributed by atoms with E-state index in [2.05, 4.69) is 24.4 Å². The normalized spacial score (nSPS) is 22.6. The number of hydrogen-bond acceptors (Lipinski definition) is 4. The van der Waals surface area contributed by atoms with Crippen molar-refractivity contribution >= 4 is 29.0 Å². The Hall–Kier alpha value is -0.520. The van der Waals surface area contributed by atoms with Crippen molar-refractivity contribution in [2.24, 2.45) is 0 Å². The van der Waals surface area contributed by atoms with Crippen LogP contribution in [0.3, 0.4) is 0 Å². The second-order valence-corrected chi connectivity index (χ2v) is 7.65. The van der Waals surface area contributed by atoms with E-state index in [4.69, 9.17) is 0 Å². The summed E-state index contributed by atoms with van der Waals surface area (Å²) in [6.07, 6.45) is 3.16. The predicted molar refractivity (Wildman–Crippen MR) is 81.9 cm³/mol. The summed E-state index contributed by atoms with van der Waals surface area (Å²) in [6.45, 7) is 2.50. The Bertz CT molecular complexity index is 425. The highest BCUT2D eigenvalue weighted by molar-refractivity contribution is 7.99. The Morgan fingerprint density at radius 3 is 3.00 bits per heavy atom. The van der Waals surface area contributed by atoms with Crippen LogP contribution in [0, 0.1) is 6.92 Å². The maximum atomic E-state index is 11.7. The van der Waals surface area contributed by atoms with Gasteiger partial charge in [-0.3, -0.25) is 4.79 Å². The van der Waals surface area contributed by atoms with Crippen molar-refractivity contribution in [2.45, 2.75) is 38.2 Å². The van der Waals surface area contributed by atoms with Crippen molar-refractivity contribution in [1.29, 1.82) is 0 Å². The first kappa shape index (κ1) is 14.9. The topological polar surface area (TPSA) is 49.3 Å².